The van der Waals surface area contributed by atoms with Gasteiger partial charge in [-0.15, -0.1) is 0 Å². The van der Waals surface area contributed by atoms with Crippen molar-refractivity contribution in [3.63, 3.8) is 0 Å². The van der Waals surface area contributed by atoms with Crippen LogP contribution in [0.1, 0.15) is 29.2 Å². The van der Waals surface area contributed by atoms with Gasteiger partial charge in [0.1, 0.15) is 18.0 Å². The Labute approximate surface area is 146 Å². The Hall–Kier alpha value is -2.78. The van der Waals surface area contributed by atoms with Crippen LogP contribution >= 0.6 is 0 Å². The molecule has 2 aromatic rings. The van der Waals surface area contributed by atoms with Gasteiger partial charge in [-0.3, -0.25) is 19.1 Å². The number of aromatic amines is 1. The molecule has 0 saturated heterocycles. The van der Waals surface area contributed by atoms with Crippen molar-refractivity contribution in [2.24, 2.45) is 0 Å². The molecule has 1 amide bonds. The SMILES string of the molecule is O=C(N[C@@H]1CC[C@@H](n2ccc(=O)[nH]c2=O)[C@@H](O)[C@@H]1O)c1ccc(F)cc1. The number of amides is 1. The van der Waals surface area contributed by atoms with E-state index in [9.17, 15) is 29.0 Å². The first-order valence-corrected chi connectivity index (χ1v) is 8.11. The number of nitrogens with one attached hydrogen (secondary N) is 2. The number of hydrogen-bond donors (Lipinski definition) is 4. The standard InChI is InChI=1S/C17H18FN3O5/c18-10-3-1-9(2-4-10)16(25)19-11-5-6-12(15(24)14(11)23)21-8-7-13(22)20-17(21)26/h1-4,7-8,11-12,14-15,23-24H,5-6H2,(H,19,25)(H,20,22,26)/t11-,12-,14-,15-/m1/s1. The third-order valence-electron chi connectivity index (χ3n) is 4.56. The minimum atomic E-state index is -1.31. The minimum absolute atomic E-state index is 0.229. The Bertz CT molecular complexity index is 908. The van der Waals surface area contributed by atoms with Crippen molar-refractivity contribution in [3.05, 3.63) is 68.7 Å². The van der Waals surface area contributed by atoms with Crippen LogP contribution < -0.4 is 16.6 Å². The van der Waals surface area contributed by atoms with Gasteiger partial charge in [-0.2, -0.15) is 0 Å². The van der Waals surface area contributed by atoms with Crippen LogP contribution in [-0.4, -0.2) is 43.9 Å². The second kappa shape index (κ2) is 7.22. The Morgan fingerprint density at radius 2 is 1.81 bits per heavy atom. The molecule has 0 aliphatic heterocycles. The first-order valence-electron chi connectivity index (χ1n) is 8.11. The topological polar surface area (TPSA) is 124 Å². The van der Waals surface area contributed by atoms with Crippen molar-refractivity contribution < 1.29 is 19.4 Å². The lowest BCUT2D eigenvalue weighted by Crippen LogP contribution is -2.55. The number of carbonyl (C=O) groups is 1. The van der Waals surface area contributed by atoms with Gasteiger partial charge in [-0.25, -0.2) is 9.18 Å². The number of carbonyl (C=O) groups excluding carboxylic acids is 1. The van der Waals surface area contributed by atoms with E-state index < -0.39 is 47.3 Å². The van der Waals surface area contributed by atoms with Gasteiger partial charge >= 0.3 is 5.69 Å². The Morgan fingerprint density at radius 1 is 1.12 bits per heavy atom. The van der Waals surface area contributed by atoms with E-state index in [0.29, 0.717) is 12.8 Å². The van der Waals surface area contributed by atoms with Crippen LogP contribution in [0.4, 0.5) is 4.39 Å². The van der Waals surface area contributed by atoms with E-state index >= 15 is 0 Å². The summed E-state index contributed by atoms with van der Waals surface area (Å²) in [5, 5.41) is 23.3. The molecule has 0 unspecified atom stereocenters. The largest absolute Gasteiger partial charge is 0.388 e. The quantitative estimate of drug-likeness (QED) is 0.587. The van der Waals surface area contributed by atoms with Crippen LogP contribution in [0.25, 0.3) is 0 Å². The summed E-state index contributed by atoms with van der Waals surface area (Å²) < 4.78 is 14.1. The molecule has 1 saturated carbocycles. The summed E-state index contributed by atoms with van der Waals surface area (Å²) in [5.41, 5.74) is -1.00. The van der Waals surface area contributed by atoms with Gasteiger partial charge < -0.3 is 15.5 Å². The molecule has 138 valence electrons. The van der Waals surface area contributed by atoms with E-state index in [1.165, 1.54) is 18.3 Å². The fraction of sp³-hybridized carbons (Fsp3) is 0.353. The third kappa shape index (κ3) is 3.58. The number of rotatable bonds is 3. The van der Waals surface area contributed by atoms with E-state index in [2.05, 4.69) is 10.3 Å². The molecule has 3 rings (SSSR count). The van der Waals surface area contributed by atoms with Crippen LogP contribution in [0, 0.1) is 5.82 Å². The second-order valence-corrected chi connectivity index (χ2v) is 6.23. The van der Waals surface area contributed by atoms with E-state index in [1.54, 1.807) is 0 Å². The smallest absolute Gasteiger partial charge is 0.328 e. The van der Waals surface area contributed by atoms with Crippen molar-refractivity contribution in [2.75, 3.05) is 0 Å². The fourth-order valence-corrected chi connectivity index (χ4v) is 3.16. The molecule has 1 fully saturated rings. The molecule has 26 heavy (non-hydrogen) atoms. The lowest BCUT2D eigenvalue weighted by Gasteiger charge is -2.38. The summed E-state index contributed by atoms with van der Waals surface area (Å²) in [7, 11) is 0. The van der Waals surface area contributed by atoms with Crippen molar-refractivity contribution in [2.45, 2.75) is 37.1 Å². The number of hydrogen-bond acceptors (Lipinski definition) is 5. The number of halogens is 1. The van der Waals surface area contributed by atoms with E-state index in [1.807, 2.05) is 0 Å². The van der Waals surface area contributed by atoms with Crippen LogP contribution in [0.2, 0.25) is 0 Å². The maximum Gasteiger partial charge on any atom is 0.328 e. The molecule has 1 aromatic heterocycles. The van der Waals surface area contributed by atoms with Crippen molar-refractivity contribution in [3.8, 4) is 0 Å². The fourth-order valence-electron chi connectivity index (χ4n) is 3.16. The molecule has 1 heterocycles. The molecule has 1 aliphatic rings. The summed E-state index contributed by atoms with van der Waals surface area (Å²) in [4.78, 5) is 37.3. The number of aliphatic hydroxyl groups is 2. The van der Waals surface area contributed by atoms with Crippen molar-refractivity contribution >= 4 is 5.91 Å². The van der Waals surface area contributed by atoms with Crippen LogP contribution in [0.5, 0.6) is 0 Å². The molecular weight excluding hydrogens is 345 g/mol. The van der Waals surface area contributed by atoms with Gasteiger partial charge in [0, 0.05) is 17.8 Å². The lowest BCUT2D eigenvalue weighted by atomic mass is 9.85. The normalized spacial score (nSPS) is 25.7. The average Bonchev–Trinajstić information content (AvgIpc) is 2.60. The Kier molecular flexibility index (Phi) is 5.01. The third-order valence-corrected chi connectivity index (χ3v) is 4.56. The van der Waals surface area contributed by atoms with E-state index in [4.69, 9.17) is 0 Å². The zero-order valence-electron chi connectivity index (χ0n) is 13.6. The molecule has 4 N–H and O–H groups in total. The number of aliphatic hydroxyl groups excluding tert-OH is 2. The number of benzene rings is 1. The number of aromatic nitrogens is 2. The first kappa shape index (κ1) is 18.0. The maximum atomic E-state index is 12.9. The van der Waals surface area contributed by atoms with E-state index in [-0.39, 0.29) is 5.56 Å². The monoisotopic (exact) mass is 363 g/mol. The second-order valence-electron chi connectivity index (χ2n) is 6.23. The summed E-state index contributed by atoms with van der Waals surface area (Å²) >= 11 is 0. The molecule has 0 bridgehead atoms. The Morgan fingerprint density at radius 3 is 2.46 bits per heavy atom. The zero-order valence-corrected chi connectivity index (χ0v) is 13.6. The molecule has 9 heteroatoms. The summed E-state index contributed by atoms with van der Waals surface area (Å²) in [6.45, 7) is 0. The molecule has 0 spiro atoms. The molecule has 8 nitrogen and oxygen atoms in total. The van der Waals surface area contributed by atoms with Gasteiger partial charge in [0.2, 0.25) is 0 Å². The molecule has 0 radical (unpaired) electrons. The highest BCUT2D eigenvalue weighted by Gasteiger charge is 2.39. The Balaban J connectivity index is 1.72. The molecule has 1 aliphatic carbocycles. The van der Waals surface area contributed by atoms with Gasteiger partial charge in [-0.1, -0.05) is 0 Å². The summed E-state index contributed by atoms with van der Waals surface area (Å²) in [6, 6.07) is 4.64. The van der Waals surface area contributed by atoms with Gasteiger partial charge in [0.25, 0.3) is 11.5 Å². The van der Waals surface area contributed by atoms with Crippen molar-refractivity contribution in [1.29, 1.82) is 0 Å². The van der Waals surface area contributed by atoms with E-state index in [0.717, 1.165) is 22.8 Å². The highest BCUT2D eigenvalue weighted by atomic mass is 19.1. The number of nitrogens with zero attached hydrogens (tertiary/aromatic N) is 1. The van der Waals surface area contributed by atoms with Crippen molar-refractivity contribution in [1.82, 2.24) is 14.9 Å². The summed E-state index contributed by atoms with van der Waals surface area (Å²) in [5.74, 6) is -0.968. The maximum absolute atomic E-state index is 12.9. The molecule has 1 aromatic carbocycles. The minimum Gasteiger partial charge on any atom is -0.388 e. The molecular formula is C17H18FN3O5. The van der Waals surface area contributed by atoms with Crippen LogP contribution in [-0.2, 0) is 0 Å². The summed E-state index contributed by atoms with van der Waals surface area (Å²) in [6.07, 6.45) is -0.748. The predicted octanol–water partition coefficient (Wildman–Crippen LogP) is -0.469. The highest BCUT2D eigenvalue weighted by Crippen LogP contribution is 2.28. The first-order chi connectivity index (χ1) is 12.4. The van der Waals surface area contributed by atoms with Crippen LogP contribution in [0.15, 0.2) is 46.1 Å². The van der Waals surface area contributed by atoms with Crippen LogP contribution in [0.3, 0.4) is 0 Å². The zero-order chi connectivity index (χ0) is 18.8. The van der Waals surface area contributed by atoms with Gasteiger partial charge in [0.15, 0.2) is 0 Å². The highest BCUT2D eigenvalue weighted by molar-refractivity contribution is 5.94. The number of H-pyrrole nitrogens is 1. The molecule has 4 atom stereocenters. The van der Waals surface area contributed by atoms with Gasteiger partial charge in [-0.05, 0) is 37.1 Å². The lowest BCUT2D eigenvalue weighted by molar-refractivity contribution is -0.0570. The predicted molar refractivity (Wildman–Crippen MR) is 89.3 cm³/mol. The van der Waals surface area contributed by atoms with Gasteiger partial charge in [0.05, 0.1) is 12.1 Å². The average molecular weight is 363 g/mol.